The van der Waals surface area contributed by atoms with Crippen molar-refractivity contribution in [1.29, 1.82) is 0 Å². The Morgan fingerprint density at radius 1 is 0.919 bits per heavy atom. The molecular formula is C24H21F6N3O3S. The van der Waals surface area contributed by atoms with E-state index in [0.29, 0.717) is 34.9 Å². The normalized spacial score (nSPS) is 17.4. The number of amides is 1. The lowest BCUT2D eigenvalue weighted by molar-refractivity contribution is -0.143. The van der Waals surface area contributed by atoms with E-state index >= 15 is 0 Å². The quantitative estimate of drug-likeness (QED) is 0.414. The molecule has 4 rings (SSSR count). The Hall–Kier alpha value is -3.22. The molecule has 2 aliphatic heterocycles. The van der Waals surface area contributed by atoms with Crippen molar-refractivity contribution in [2.75, 3.05) is 14.2 Å². The lowest BCUT2D eigenvalue weighted by atomic mass is 10.0. The number of ether oxygens (including phenoxy) is 2. The van der Waals surface area contributed by atoms with Crippen LogP contribution in [0.25, 0.3) is 0 Å². The molecule has 0 N–H and O–H groups in total. The van der Waals surface area contributed by atoms with Crippen molar-refractivity contribution >= 4 is 34.4 Å². The summed E-state index contributed by atoms with van der Waals surface area (Å²) >= 11 is 0.912. The van der Waals surface area contributed by atoms with E-state index in [2.05, 4.69) is 9.98 Å². The van der Waals surface area contributed by atoms with E-state index < -0.39 is 35.4 Å². The number of carbonyl (C=O) groups excluding carboxylic acids is 1. The highest BCUT2D eigenvalue weighted by Gasteiger charge is 2.44. The van der Waals surface area contributed by atoms with Gasteiger partial charge in [0.05, 0.1) is 31.0 Å². The Labute approximate surface area is 212 Å². The summed E-state index contributed by atoms with van der Waals surface area (Å²) in [7, 11) is 2.87. The summed E-state index contributed by atoms with van der Waals surface area (Å²) in [5.41, 5.74) is -2.14. The van der Waals surface area contributed by atoms with Gasteiger partial charge in [0.15, 0.2) is 16.7 Å². The van der Waals surface area contributed by atoms with Gasteiger partial charge in [-0.2, -0.15) is 31.3 Å². The second kappa shape index (κ2) is 9.58. The minimum Gasteiger partial charge on any atom is -0.493 e. The number of rotatable bonds is 5. The first-order valence-corrected chi connectivity index (χ1v) is 11.9. The molecule has 2 aromatic carbocycles. The number of fused-ring (bicyclic) bond motifs is 3. The fraction of sp³-hybridized carbons (Fsp3) is 0.375. The molecule has 2 aliphatic rings. The molecule has 0 unspecified atom stereocenters. The highest BCUT2D eigenvalue weighted by Crippen LogP contribution is 2.43. The standard InChI is InChI=1S/C24H21F6N3O3S/c1-11(2)19-21(34)32-20-15-8-17(35-3)18(36-4)9-16(15)31-22(33(19)20)37-10-12-5-13(23(25,26)27)7-14(6-12)24(28,29)30/h5-9,11,19H,10H2,1-4H3/t19-/m1/s1. The molecule has 0 aromatic heterocycles. The number of alkyl halides is 6. The Kier molecular flexibility index (Phi) is 6.95. The fourth-order valence-corrected chi connectivity index (χ4v) is 5.06. The van der Waals surface area contributed by atoms with Crippen LogP contribution in [-0.2, 0) is 22.9 Å². The molecule has 37 heavy (non-hydrogen) atoms. The van der Waals surface area contributed by atoms with E-state index in [1.165, 1.54) is 14.2 Å². The molecule has 0 saturated heterocycles. The smallest absolute Gasteiger partial charge is 0.416 e. The molecule has 0 saturated carbocycles. The Bertz CT molecular complexity index is 1270. The van der Waals surface area contributed by atoms with Crippen LogP contribution in [0.4, 0.5) is 32.0 Å². The molecule has 1 amide bonds. The van der Waals surface area contributed by atoms with Crippen molar-refractivity contribution < 1.29 is 40.6 Å². The molecule has 6 nitrogen and oxygen atoms in total. The van der Waals surface area contributed by atoms with Gasteiger partial charge in [-0.1, -0.05) is 25.6 Å². The minimum absolute atomic E-state index is 0.0842. The molecule has 198 valence electrons. The number of methoxy groups -OCH3 is 2. The number of carbonyl (C=O) groups is 1. The second-order valence-corrected chi connectivity index (χ2v) is 9.60. The molecule has 1 atom stereocenters. The zero-order valence-electron chi connectivity index (χ0n) is 20.0. The molecule has 0 fully saturated rings. The number of halogens is 6. The van der Waals surface area contributed by atoms with E-state index in [0.717, 1.165) is 11.8 Å². The highest BCUT2D eigenvalue weighted by molar-refractivity contribution is 8.13. The number of amidine groups is 2. The van der Waals surface area contributed by atoms with Crippen LogP contribution in [0.5, 0.6) is 11.5 Å². The summed E-state index contributed by atoms with van der Waals surface area (Å²) in [5.74, 6) is 0.0836. The van der Waals surface area contributed by atoms with Crippen molar-refractivity contribution in [1.82, 2.24) is 4.90 Å². The van der Waals surface area contributed by atoms with Gasteiger partial charge in [0.1, 0.15) is 11.9 Å². The third-order valence-electron chi connectivity index (χ3n) is 5.79. The number of aliphatic imine (C=N–C) groups is 2. The predicted molar refractivity (Wildman–Crippen MR) is 126 cm³/mol. The van der Waals surface area contributed by atoms with Gasteiger partial charge in [-0.15, -0.1) is 0 Å². The van der Waals surface area contributed by atoms with Crippen molar-refractivity contribution in [2.24, 2.45) is 15.9 Å². The third kappa shape index (κ3) is 5.13. The van der Waals surface area contributed by atoms with Gasteiger partial charge < -0.3 is 9.47 Å². The van der Waals surface area contributed by atoms with Gasteiger partial charge >= 0.3 is 12.4 Å². The van der Waals surface area contributed by atoms with Gasteiger partial charge in [-0.25, -0.2) is 4.99 Å². The topological polar surface area (TPSA) is 63.5 Å². The summed E-state index contributed by atoms with van der Waals surface area (Å²) in [6, 6.07) is 3.88. The van der Waals surface area contributed by atoms with Crippen LogP contribution in [0.3, 0.4) is 0 Å². The van der Waals surface area contributed by atoms with Crippen molar-refractivity contribution in [3.05, 3.63) is 52.6 Å². The summed E-state index contributed by atoms with van der Waals surface area (Å²) in [5, 5.41) is 0.217. The van der Waals surface area contributed by atoms with Crippen LogP contribution in [0.15, 0.2) is 40.3 Å². The van der Waals surface area contributed by atoms with Gasteiger partial charge in [-0.3, -0.25) is 9.69 Å². The van der Waals surface area contributed by atoms with Gasteiger partial charge in [0, 0.05) is 17.4 Å². The zero-order valence-corrected chi connectivity index (χ0v) is 20.8. The van der Waals surface area contributed by atoms with Gasteiger partial charge in [0.25, 0.3) is 5.91 Å². The zero-order chi connectivity index (χ0) is 27.3. The molecule has 0 aliphatic carbocycles. The van der Waals surface area contributed by atoms with Crippen molar-refractivity contribution in [2.45, 2.75) is 38.0 Å². The average molecular weight is 546 g/mol. The van der Waals surface area contributed by atoms with Crippen LogP contribution >= 0.6 is 11.8 Å². The van der Waals surface area contributed by atoms with E-state index in [4.69, 9.17) is 9.47 Å². The molecule has 0 radical (unpaired) electrons. The second-order valence-electron chi connectivity index (χ2n) is 8.65. The van der Waals surface area contributed by atoms with Crippen LogP contribution in [0.1, 0.15) is 36.1 Å². The summed E-state index contributed by atoms with van der Waals surface area (Å²) in [6.45, 7) is 3.60. The van der Waals surface area contributed by atoms with Crippen LogP contribution in [0, 0.1) is 5.92 Å². The van der Waals surface area contributed by atoms with Crippen LogP contribution in [-0.4, -0.2) is 42.1 Å². The molecule has 2 aromatic rings. The van der Waals surface area contributed by atoms with Gasteiger partial charge in [-0.05, 0) is 35.7 Å². The average Bonchev–Trinajstić information content (AvgIpc) is 3.17. The monoisotopic (exact) mass is 545 g/mol. The highest BCUT2D eigenvalue weighted by atomic mass is 32.2. The molecule has 2 heterocycles. The minimum atomic E-state index is -4.96. The summed E-state index contributed by atoms with van der Waals surface area (Å²) in [6.07, 6.45) is -9.91. The fourth-order valence-electron chi connectivity index (χ4n) is 4.10. The number of nitrogens with zero attached hydrogens (tertiary/aromatic N) is 3. The Morgan fingerprint density at radius 3 is 2.00 bits per heavy atom. The van der Waals surface area contributed by atoms with Gasteiger partial charge in [0.2, 0.25) is 0 Å². The van der Waals surface area contributed by atoms with Crippen molar-refractivity contribution in [3.8, 4) is 11.5 Å². The van der Waals surface area contributed by atoms with E-state index in [1.54, 1.807) is 30.9 Å². The predicted octanol–water partition coefficient (Wildman–Crippen LogP) is 6.29. The molecule has 0 bridgehead atoms. The number of thioether (sulfide) groups is 1. The SMILES string of the molecule is COc1cc2c(cc1OC)C1=NC(=O)[C@@H](C(C)C)N1C(SCc1cc(C(F)(F)F)cc(C(F)(F)F)c1)=N2. The summed E-state index contributed by atoms with van der Waals surface area (Å²) in [4.78, 5) is 23.2. The Balaban J connectivity index is 1.78. The van der Waals surface area contributed by atoms with E-state index in [1.807, 2.05) is 0 Å². The maximum absolute atomic E-state index is 13.3. The first kappa shape index (κ1) is 26.8. The maximum Gasteiger partial charge on any atom is 0.416 e. The molecule has 0 spiro atoms. The first-order chi connectivity index (χ1) is 17.2. The lowest BCUT2D eigenvalue weighted by Gasteiger charge is -2.33. The maximum atomic E-state index is 13.3. The van der Waals surface area contributed by atoms with E-state index in [9.17, 15) is 31.1 Å². The molecular weight excluding hydrogens is 524 g/mol. The third-order valence-corrected chi connectivity index (χ3v) is 6.81. The van der Waals surface area contributed by atoms with Crippen molar-refractivity contribution in [3.63, 3.8) is 0 Å². The van der Waals surface area contributed by atoms with Crippen LogP contribution in [0.2, 0.25) is 0 Å². The lowest BCUT2D eigenvalue weighted by Crippen LogP contribution is -2.46. The summed E-state index contributed by atoms with van der Waals surface area (Å²) < 4.78 is 90.5. The number of benzene rings is 2. The molecule has 13 heteroatoms. The number of hydrogen-bond donors (Lipinski definition) is 0. The number of hydrogen-bond acceptors (Lipinski definition) is 6. The van der Waals surface area contributed by atoms with Crippen LogP contribution < -0.4 is 9.47 Å². The largest absolute Gasteiger partial charge is 0.493 e. The Morgan fingerprint density at radius 2 is 1.49 bits per heavy atom. The van der Waals surface area contributed by atoms with E-state index in [-0.39, 0.29) is 34.3 Å². The first-order valence-electron chi connectivity index (χ1n) is 10.9.